The van der Waals surface area contributed by atoms with Crippen LogP contribution in [-0.2, 0) is 0 Å². The summed E-state index contributed by atoms with van der Waals surface area (Å²) in [5, 5.41) is 11.5. The summed E-state index contributed by atoms with van der Waals surface area (Å²) in [4.78, 5) is 32.0. The number of aliphatic hydroxyl groups excluding tert-OH is 1. The first kappa shape index (κ1) is 24.6. The van der Waals surface area contributed by atoms with Gasteiger partial charge in [0.25, 0.3) is 5.91 Å². The van der Waals surface area contributed by atoms with Gasteiger partial charge in [-0.25, -0.2) is 13.8 Å². The molecule has 3 aromatic rings. The summed E-state index contributed by atoms with van der Waals surface area (Å²) in [6.45, 7) is 1.99. The number of hydrogen-bond donors (Lipinski definition) is 2. The Balaban J connectivity index is 1.90. The van der Waals surface area contributed by atoms with E-state index in [-0.39, 0.29) is 23.3 Å². The molecule has 2 unspecified atom stereocenters. The molecule has 1 aromatic carbocycles. The smallest absolute Gasteiger partial charge is 0.391 e. The van der Waals surface area contributed by atoms with Gasteiger partial charge < -0.3 is 15.3 Å². The van der Waals surface area contributed by atoms with Crippen LogP contribution in [-0.4, -0.2) is 52.0 Å². The molecule has 2 aromatic heterocycles. The van der Waals surface area contributed by atoms with Gasteiger partial charge in [0, 0.05) is 25.4 Å². The van der Waals surface area contributed by atoms with Crippen molar-refractivity contribution in [2.75, 3.05) is 18.0 Å². The van der Waals surface area contributed by atoms with Crippen LogP contribution in [0.3, 0.4) is 0 Å². The Labute approximate surface area is 195 Å². The van der Waals surface area contributed by atoms with E-state index in [0.717, 1.165) is 22.9 Å². The molecule has 2 N–H and O–H groups in total. The molecule has 1 aliphatic rings. The number of benzene rings is 1. The average Bonchev–Trinajstić information content (AvgIpc) is 3.23. The molecule has 2 atom stereocenters. The van der Waals surface area contributed by atoms with Gasteiger partial charge in [-0.3, -0.25) is 14.2 Å². The van der Waals surface area contributed by atoms with Gasteiger partial charge in [0.2, 0.25) is 5.43 Å². The molecule has 4 rings (SSSR count). The van der Waals surface area contributed by atoms with E-state index in [1.165, 1.54) is 19.1 Å². The van der Waals surface area contributed by atoms with Crippen LogP contribution in [0.25, 0.3) is 16.7 Å². The van der Waals surface area contributed by atoms with E-state index < -0.39 is 53.3 Å². The highest BCUT2D eigenvalue weighted by molar-refractivity contribution is 5.97. The third-order valence-corrected chi connectivity index (χ3v) is 5.85. The number of aliphatic hydroxyl groups is 1. The number of fused-ring (bicyclic) bond motifs is 1. The summed E-state index contributed by atoms with van der Waals surface area (Å²) >= 11 is 0. The van der Waals surface area contributed by atoms with Crippen LogP contribution >= 0.6 is 0 Å². The molecular weight excluding hydrogens is 475 g/mol. The molecule has 12 heteroatoms. The molecule has 7 nitrogen and oxygen atoms in total. The summed E-state index contributed by atoms with van der Waals surface area (Å²) < 4.78 is 68.8. The number of alkyl halides is 3. The lowest BCUT2D eigenvalue weighted by Gasteiger charge is -2.21. The Kier molecular flexibility index (Phi) is 6.50. The van der Waals surface area contributed by atoms with Crippen LogP contribution < -0.4 is 15.6 Å². The first-order valence-electron chi connectivity index (χ1n) is 10.8. The third-order valence-electron chi connectivity index (χ3n) is 5.85. The van der Waals surface area contributed by atoms with E-state index in [1.807, 2.05) is 0 Å². The molecule has 0 bridgehead atoms. The summed E-state index contributed by atoms with van der Waals surface area (Å²) in [5.41, 5.74) is -1.90. The van der Waals surface area contributed by atoms with Gasteiger partial charge in [0.05, 0.1) is 17.2 Å². The molecule has 1 fully saturated rings. The van der Waals surface area contributed by atoms with Gasteiger partial charge in [0.1, 0.15) is 29.1 Å². The molecule has 1 aliphatic heterocycles. The topological polar surface area (TPSA) is 87.5 Å². The molecule has 1 saturated heterocycles. The van der Waals surface area contributed by atoms with Crippen molar-refractivity contribution in [1.82, 2.24) is 14.9 Å². The number of β-amino-alcohol motifs (C(OH)–C–C–N with tert-alkyl or cyclic N) is 1. The Morgan fingerprint density at radius 3 is 2.60 bits per heavy atom. The second-order valence-electron chi connectivity index (χ2n) is 8.24. The van der Waals surface area contributed by atoms with Gasteiger partial charge in [-0.05, 0) is 37.1 Å². The van der Waals surface area contributed by atoms with E-state index in [2.05, 4.69) is 4.98 Å². The number of anilines is 1. The fraction of sp³-hybridized carbons (Fsp3) is 0.348. The molecule has 0 radical (unpaired) electrons. The van der Waals surface area contributed by atoms with E-state index in [9.17, 15) is 36.6 Å². The second-order valence-corrected chi connectivity index (χ2v) is 8.24. The zero-order valence-corrected chi connectivity index (χ0v) is 18.4. The van der Waals surface area contributed by atoms with Crippen molar-refractivity contribution in [3.63, 3.8) is 0 Å². The number of rotatable bonds is 5. The van der Waals surface area contributed by atoms with E-state index >= 15 is 0 Å². The lowest BCUT2D eigenvalue weighted by atomic mass is 10.1. The van der Waals surface area contributed by atoms with Crippen molar-refractivity contribution in [2.45, 2.75) is 38.1 Å². The Morgan fingerprint density at radius 1 is 1.26 bits per heavy atom. The summed E-state index contributed by atoms with van der Waals surface area (Å²) in [6.07, 6.45) is -4.38. The van der Waals surface area contributed by atoms with E-state index in [1.54, 1.807) is 10.2 Å². The molecular formula is C23H21F5N4O3. The van der Waals surface area contributed by atoms with Crippen LogP contribution in [0.2, 0.25) is 0 Å². The number of aromatic nitrogens is 2. The second kappa shape index (κ2) is 9.25. The quantitative estimate of drug-likeness (QED) is 0.530. The van der Waals surface area contributed by atoms with Crippen LogP contribution in [0.5, 0.6) is 0 Å². The number of nitrogens with zero attached hydrogens (tertiary/aromatic N) is 3. The number of carbonyl (C=O) groups excluding carboxylic acids is 1. The SMILES string of the molecule is CCC(NC(=O)c1cn(-c2ccc(F)cc2F)c2nc(N3CCC(O)C3)ccc2c1=O)C(F)(F)F. The maximum atomic E-state index is 14.7. The first-order chi connectivity index (χ1) is 16.5. The molecule has 35 heavy (non-hydrogen) atoms. The molecule has 0 spiro atoms. The predicted molar refractivity (Wildman–Crippen MR) is 118 cm³/mol. The van der Waals surface area contributed by atoms with Crippen LogP contribution in [0.1, 0.15) is 30.1 Å². The van der Waals surface area contributed by atoms with E-state index in [4.69, 9.17) is 0 Å². The number of nitrogens with one attached hydrogen (secondary N) is 1. The molecule has 0 saturated carbocycles. The highest BCUT2D eigenvalue weighted by Gasteiger charge is 2.39. The lowest BCUT2D eigenvalue weighted by molar-refractivity contribution is -0.153. The summed E-state index contributed by atoms with van der Waals surface area (Å²) in [6, 6.07) is 3.23. The van der Waals surface area contributed by atoms with Gasteiger partial charge in [-0.1, -0.05) is 6.92 Å². The van der Waals surface area contributed by atoms with Crippen LogP contribution in [0, 0.1) is 11.6 Å². The molecule has 0 aliphatic carbocycles. The average molecular weight is 496 g/mol. The monoisotopic (exact) mass is 496 g/mol. The standard InChI is InChI=1S/C23H21F5N4O3/c1-2-18(23(26,27)28)29-22(35)15-11-32(17-5-3-12(24)9-16(17)25)21-14(20(15)34)4-6-19(30-21)31-8-7-13(33)10-31/h3-6,9,11,13,18,33H,2,7-8,10H2,1H3,(H,29,35). The highest BCUT2D eigenvalue weighted by Crippen LogP contribution is 2.26. The molecule has 3 heterocycles. The fourth-order valence-corrected chi connectivity index (χ4v) is 3.99. The van der Waals surface area contributed by atoms with Crippen molar-refractivity contribution in [1.29, 1.82) is 0 Å². The first-order valence-corrected chi connectivity index (χ1v) is 10.8. The van der Waals surface area contributed by atoms with Crippen LogP contribution in [0.4, 0.5) is 27.8 Å². The Hall–Kier alpha value is -3.54. The number of carbonyl (C=O) groups is 1. The van der Waals surface area contributed by atoms with Gasteiger partial charge in [-0.2, -0.15) is 13.2 Å². The van der Waals surface area contributed by atoms with Crippen molar-refractivity contribution < 1.29 is 31.9 Å². The molecule has 186 valence electrons. The zero-order chi connectivity index (χ0) is 25.5. The van der Waals surface area contributed by atoms with Crippen molar-refractivity contribution in [2.24, 2.45) is 0 Å². The highest BCUT2D eigenvalue weighted by atomic mass is 19.4. The summed E-state index contributed by atoms with van der Waals surface area (Å²) in [7, 11) is 0. The van der Waals surface area contributed by atoms with Gasteiger partial charge in [0.15, 0.2) is 5.65 Å². The number of amides is 1. The maximum Gasteiger partial charge on any atom is 0.408 e. The predicted octanol–water partition coefficient (Wildman–Crippen LogP) is 3.31. The van der Waals surface area contributed by atoms with Crippen molar-refractivity contribution in [3.8, 4) is 5.69 Å². The Morgan fingerprint density at radius 2 is 2.00 bits per heavy atom. The fourth-order valence-electron chi connectivity index (χ4n) is 3.99. The largest absolute Gasteiger partial charge is 0.408 e. The minimum Gasteiger partial charge on any atom is -0.391 e. The number of hydrogen-bond acceptors (Lipinski definition) is 5. The maximum absolute atomic E-state index is 14.7. The van der Waals surface area contributed by atoms with Crippen molar-refractivity contribution >= 4 is 22.8 Å². The van der Waals surface area contributed by atoms with E-state index in [0.29, 0.717) is 24.8 Å². The normalized spacial score (nSPS) is 17.1. The van der Waals surface area contributed by atoms with Gasteiger partial charge >= 0.3 is 6.18 Å². The Bertz CT molecular complexity index is 1340. The minimum atomic E-state index is -4.74. The van der Waals surface area contributed by atoms with Crippen LogP contribution in [0.15, 0.2) is 41.3 Å². The third kappa shape index (κ3) is 4.83. The van der Waals surface area contributed by atoms with Gasteiger partial charge in [-0.15, -0.1) is 0 Å². The van der Waals surface area contributed by atoms with Crippen molar-refractivity contribution in [3.05, 3.63) is 63.9 Å². The molecule has 1 amide bonds. The minimum absolute atomic E-state index is 0.0844. The number of halogens is 5. The summed E-state index contributed by atoms with van der Waals surface area (Å²) in [5.74, 6) is -2.83. The number of pyridine rings is 2. The lowest BCUT2D eigenvalue weighted by Crippen LogP contribution is -2.46. The zero-order valence-electron chi connectivity index (χ0n) is 18.4.